The molecule has 0 bridgehead atoms. The molecule has 104 valence electrons. The zero-order valence-corrected chi connectivity index (χ0v) is 11.4. The zero-order valence-electron chi connectivity index (χ0n) is 11.4. The second kappa shape index (κ2) is 5.13. The molecule has 0 saturated carbocycles. The first-order valence-corrected chi connectivity index (χ1v) is 6.68. The highest BCUT2D eigenvalue weighted by Crippen LogP contribution is 2.29. The van der Waals surface area contributed by atoms with Crippen LogP contribution >= 0.6 is 0 Å². The van der Waals surface area contributed by atoms with Crippen molar-refractivity contribution in [2.24, 2.45) is 5.92 Å². The molecule has 20 heavy (non-hydrogen) atoms. The number of carboxylic acid groups (broad SMARTS) is 1. The molecular weight excluding hydrogens is 254 g/mol. The van der Waals surface area contributed by atoms with Crippen LogP contribution in [-0.2, 0) is 11.3 Å². The van der Waals surface area contributed by atoms with Gasteiger partial charge in [-0.1, -0.05) is 24.3 Å². The summed E-state index contributed by atoms with van der Waals surface area (Å²) in [6, 6.07) is 12.3. The highest BCUT2D eigenvalue weighted by molar-refractivity contribution is 5.89. The van der Waals surface area contributed by atoms with Crippen molar-refractivity contribution in [3.63, 3.8) is 0 Å². The number of hydrogen-bond acceptors (Lipinski definition) is 3. The molecule has 1 aliphatic heterocycles. The van der Waals surface area contributed by atoms with Crippen molar-refractivity contribution in [1.82, 2.24) is 4.90 Å². The first kappa shape index (κ1) is 12.9. The summed E-state index contributed by atoms with van der Waals surface area (Å²) in [7, 11) is 1.68. The number of fused-ring (bicyclic) bond motifs is 1. The Bertz CT molecular complexity index is 647. The highest BCUT2D eigenvalue weighted by atomic mass is 16.5. The van der Waals surface area contributed by atoms with E-state index in [1.807, 2.05) is 24.3 Å². The van der Waals surface area contributed by atoms with Gasteiger partial charge >= 0.3 is 5.97 Å². The van der Waals surface area contributed by atoms with Gasteiger partial charge in [-0.15, -0.1) is 0 Å². The minimum Gasteiger partial charge on any atom is -0.496 e. The highest BCUT2D eigenvalue weighted by Gasteiger charge is 2.32. The SMILES string of the molecule is COc1cc(CN2CC(C(=O)O)C2)cc2ccccc12. The van der Waals surface area contributed by atoms with E-state index in [1.165, 1.54) is 0 Å². The van der Waals surface area contributed by atoms with E-state index in [0.717, 1.165) is 28.6 Å². The molecular formula is C16H17NO3. The first-order chi connectivity index (χ1) is 9.67. The maximum Gasteiger partial charge on any atom is 0.309 e. The molecule has 2 aromatic carbocycles. The third-order valence-corrected chi connectivity index (χ3v) is 3.82. The second-order valence-corrected chi connectivity index (χ2v) is 5.25. The van der Waals surface area contributed by atoms with Crippen LogP contribution in [0.4, 0.5) is 0 Å². The molecule has 1 heterocycles. The molecule has 1 N–H and O–H groups in total. The van der Waals surface area contributed by atoms with E-state index >= 15 is 0 Å². The molecule has 4 heteroatoms. The van der Waals surface area contributed by atoms with Crippen LogP contribution in [-0.4, -0.2) is 36.2 Å². The number of carbonyl (C=O) groups is 1. The Morgan fingerprint density at radius 2 is 2.10 bits per heavy atom. The average Bonchev–Trinajstić information content (AvgIpc) is 2.41. The summed E-state index contributed by atoms with van der Waals surface area (Å²) in [5.41, 5.74) is 1.16. The normalized spacial score (nSPS) is 16.1. The van der Waals surface area contributed by atoms with Crippen LogP contribution in [0.5, 0.6) is 5.75 Å². The second-order valence-electron chi connectivity index (χ2n) is 5.25. The lowest BCUT2D eigenvalue weighted by molar-refractivity contribution is -0.147. The molecule has 4 nitrogen and oxygen atoms in total. The van der Waals surface area contributed by atoms with Crippen LogP contribution in [0.15, 0.2) is 36.4 Å². The quantitative estimate of drug-likeness (QED) is 0.927. The fourth-order valence-corrected chi connectivity index (χ4v) is 2.71. The number of likely N-dealkylation sites (tertiary alicyclic amines) is 1. The Balaban J connectivity index is 1.81. The van der Waals surface area contributed by atoms with E-state index in [0.29, 0.717) is 13.1 Å². The zero-order chi connectivity index (χ0) is 14.1. The fraction of sp³-hybridized carbons (Fsp3) is 0.312. The van der Waals surface area contributed by atoms with Crippen molar-refractivity contribution in [2.45, 2.75) is 6.54 Å². The van der Waals surface area contributed by atoms with Gasteiger partial charge in [-0.3, -0.25) is 9.69 Å². The minimum atomic E-state index is -0.697. The summed E-state index contributed by atoms with van der Waals surface area (Å²) >= 11 is 0. The van der Waals surface area contributed by atoms with E-state index < -0.39 is 5.97 Å². The Hall–Kier alpha value is -2.07. The summed E-state index contributed by atoms with van der Waals surface area (Å²) in [6.07, 6.45) is 0. The lowest BCUT2D eigenvalue weighted by Gasteiger charge is -2.36. The molecule has 3 rings (SSSR count). The number of methoxy groups -OCH3 is 1. The van der Waals surface area contributed by atoms with Gasteiger partial charge in [0.25, 0.3) is 0 Å². The van der Waals surface area contributed by atoms with Crippen molar-refractivity contribution in [3.05, 3.63) is 42.0 Å². The van der Waals surface area contributed by atoms with Crippen LogP contribution in [0.25, 0.3) is 10.8 Å². The molecule has 0 spiro atoms. The lowest BCUT2D eigenvalue weighted by Crippen LogP contribution is -2.49. The Morgan fingerprint density at radius 3 is 2.80 bits per heavy atom. The van der Waals surface area contributed by atoms with Crippen molar-refractivity contribution in [2.75, 3.05) is 20.2 Å². The van der Waals surface area contributed by atoms with Crippen LogP contribution in [0.2, 0.25) is 0 Å². The summed E-state index contributed by atoms with van der Waals surface area (Å²) in [5, 5.41) is 11.1. The number of hydrogen-bond donors (Lipinski definition) is 1. The monoisotopic (exact) mass is 271 g/mol. The van der Waals surface area contributed by atoms with E-state index in [4.69, 9.17) is 9.84 Å². The van der Waals surface area contributed by atoms with Crippen LogP contribution in [0.1, 0.15) is 5.56 Å². The van der Waals surface area contributed by atoms with Gasteiger partial charge in [0.05, 0.1) is 13.0 Å². The lowest BCUT2D eigenvalue weighted by atomic mass is 9.98. The van der Waals surface area contributed by atoms with Gasteiger partial charge in [0.2, 0.25) is 0 Å². The Kier molecular flexibility index (Phi) is 3.32. The number of carboxylic acids is 1. The summed E-state index contributed by atoms with van der Waals surface area (Å²) in [5.74, 6) is -0.0388. The van der Waals surface area contributed by atoms with Gasteiger partial charge in [-0.05, 0) is 23.1 Å². The Labute approximate surface area is 117 Å². The van der Waals surface area contributed by atoms with E-state index in [2.05, 4.69) is 17.0 Å². The summed E-state index contributed by atoms with van der Waals surface area (Å²) in [6.45, 7) is 2.03. The number of rotatable bonds is 4. The van der Waals surface area contributed by atoms with Crippen molar-refractivity contribution in [1.29, 1.82) is 0 Å². The molecule has 1 aliphatic rings. The smallest absolute Gasteiger partial charge is 0.309 e. The standard InChI is InChI=1S/C16H17NO3/c1-20-15-7-11(6-12-4-2-3-5-14(12)15)8-17-9-13(10-17)16(18)19/h2-7,13H,8-10H2,1H3,(H,18,19). The largest absolute Gasteiger partial charge is 0.496 e. The van der Waals surface area contributed by atoms with Crippen LogP contribution in [0, 0.1) is 5.92 Å². The van der Waals surface area contributed by atoms with Crippen molar-refractivity contribution < 1.29 is 14.6 Å². The van der Waals surface area contributed by atoms with Gasteiger partial charge < -0.3 is 9.84 Å². The van der Waals surface area contributed by atoms with Gasteiger partial charge in [0.15, 0.2) is 0 Å². The van der Waals surface area contributed by atoms with Crippen LogP contribution < -0.4 is 4.74 Å². The molecule has 0 unspecified atom stereocenters. The maximum absolute atomic E-state index is 10.8. The van der Waals surface area contributed by atoms with Gasteiger partial charge in [0.1, 0.15) is 5.75 Å². The molecule has 0 aliphatic carbocycles. The molecule has 0 radical (unpaired) electrons. The third-order valence-electron chi connectivity index (χ3n) is 3.82. The summed E-state index contributed by atoms with van der Waals surface area (Å²) in [4.78, 5) is 12.9. The molecule has 0 atom stereocenters. The minimum absolute atomic E-state index is 0.211. The first-order valence-electron chi connectivity index (χ1n) is 6.68. The van der Waals surface area contributed by atoms with Gasteiger partial charge in [-0.25, -0.2) is 0 Å². The van der Waals surface area contributed by atoms with Crippen molar-refractivity contribution in [3.8, 4) is 5.75 Å². The third kappa shape index (κ3) is 2.34. The number of benzene rings is 2. The van der Waals surface area contributed by atoms with E-state index in [-0.39, 0.29) is 5.92 Å². The topological polar surface area (TPSA) is 49.8 Å². The van der Waals surface area contributed by atoms with Crippen LogP contribution in [0.3, 0.4) is 0 Å². The predicted octanol–water partition coefficient (Wildman–Crippen LogP) is 2.36. The fourth-order valence-electron chi connectivity index (χ4n) is 2.71. The number of aliphatic carboxylic acids is 1. The van der Waals surface area contributed by atoms with Gasteiger partial charge in [-0.2, -0.15) is 0 Å². The molecule has 0 amide bonds. The molecule has 1 fully saturated rings. The molecule has 2 aromatic rings. The number of nitrogens with zero attached hydrogens (tertiary/aromatic N) is 1. The molecule has 0 aromatic heterocycles. The molecule has 1 saturated heterocycles. The van der Waals surface area contributed by atoms with Gasteiger partial charge in [0, 0.05) is 25.0 Å². The Morgan fingerprint density at radius 1 is 1.35 bits per heavy atom. The van der Waals surface area contributed by atoms with E-state index in [1.54, 1.807) is 7.11 Å². The maximum atomic E-state index is 10.8. The average molecular weight is 271 g/mol. The van der Waals surface area contributed by atoms with Crippen molar-refractivity contribution >= 4 is 16.7 Å². The predicted molar refractivity (Wildman–Crippen MR) is 76.9 cm³/mol. The summed E-state index contributed by atoms with van der Waals surface area (Å²) < 4.78 is 5.45. The van der Waals surface area contributed by atoms with E-state index in [9.17, 15) is 4.79 Å². The number of ether oxygens (including phenoxy) is 1.